The summed E-state index contributed by atoms with van der Waals surface area (Å²) in [5.74, 6) is -2.31. The Morgan fingerprint density at radius 3 is 2.35 bits per heavy atom. The van der Waals surface area contributed by atoms with Gasteiger partial charge in [0, 0.05) is 18.7 Å². The highest BCUT2D eigenvalue weighted by molar-refractivity contribution is 6.13. The van der Waals surface area contributed by atoms with Crippen LogP contribution in [0.4, 0.5) is 4.79 Å². The molecule has 2 aromatic rings. The van der Waals surface area contributed by atoms with Crippen LogP contribution in [0.15, 0.2) is 36.4 Å². The maximum absolute atomic E-state index is 14.2. The zero-order valence-electron chi connectivity index (χ0n) is 25.2. The minimum absolute atomic E-state index is 0.0792. The topological polar surface area (TPSA) is 175 Å². The van der Waals surface area contributed by atoms with Crippen molar-refractivity contribution in [3.63, 3.8) is 0 Å². The summed E-state index contributed by atoms with van der Waals surface area (Å²) in [6.45, 7) is 5.29. The molecule has 11 heteroatoms. The molecular weight excluding hydrogens is 550 g/mol. The number of amidine groups is 1. The van der Waals surface area contributed by atoms with Crippen LogP contribution in [0.2, 0.25) is 0 Å². The lowest BCUT2D eigenvalue weighted by Gasteiger charge is -2.43. The van der Waals surface area contributed by atoms with E-state index in [-0.39, 0.29) is 30.8 Å². The van der Waals surface area contributed by atoms with Crippen LogP contribution >= 0.6 is 0 Å². The van der Waals surface area contributed by atoms with Gasteiger partial charge in [-0.2, -0.15) is 0 Å². The van der Waals surface area contributed by atoms with Crippen molar-refractivity contribution in [2.75, 3.05) is 13.1 Å². The van der Waals surface area contributed by atoms with E-state index in [0.29, 0.717) is 23.9 Å². The first-order valence-electron chi connectivity index (χ1n) is 15.0. The van der Waals surface area contributed by atoms with Crippen LogP contribution in [0, 0.1) is 17.2 Å². The normalized spacial score (nSPS) is 20.9. The number of amides is 3. The number of aliphatic carboxylic acids is 1. The third-order valence-corrected chi connectivity index (χ3v) is 8.62. The number of hydrogen-bond acceptors (Lipinski definition) is 7. The summed E-state index contributed by atoms with van der Waals surface area (Å²) in [7, 11) is 0. The van der Waals surface area contributed by atoms with Gasteiger partial charge in [-0.15, -0.1) is 0 Å². The van der Waals surface area contributed by atoms with Crippen molar-refractivity contribution in [3.8, 4) is 0 Å². The van der Waals surface area contributed by atoms with E-state index in [9.17, 15) is 24.3 Å². The largest absolute Gasteiger partial charge is 0.481 e. The maximum atomic E-state index is 14.2. The van der Waals surface area contributed by atoms with Crippen molar-refractivity contribution >= 4 is 40.5 Å². The number of nitrogens with two attached hydrogens (primary N) is 1. The third kappa shape index (κ3) is 6.98. The van der Waals surface area contributed by atoms with E-state index in [4.69, 9.17) is 15.9 Å². The van der Waals surface area contributed by atoms with Gasteiger partial charge >= 0.3 is 12.1 Å². The number of carboxylic acids is 1. The van der Waals surface area contributed by atoms with Crippen LogP contribution < -0.4 is 16.4 Å². The van der Waals surface area contributed by atoms with E-state index >= 15 is 0 Å². The first-order valence-corrected chi connectivity index (χ1v) is 15.0. The van der Waals surface area contributed by atoms with Crippen LogP contribution in [0.5, 0.6) is 0 Å². The Labute approximate surface area is 252 Å². The minimum Gasteiger partial charge on any atom is -0.481 e. The Hall–Kier alpha value is -3.99. The zero-order chi connectivity index (χ0) is 31.4. The number of rotatable bonds is 8. The van der Waals surface area contributed by atoms with Gasteiger partial charge in [0.1, 0.15) is 17.0 Å². The lowest BCUT2D eigenvalue weighted by molar-refractivity contribution is -0.154. The molecule has 43 heavy (non-hydrogen) atoms. The molecule has 0 bridgehead atoms. The van der Waals surface area contributed by atoms with E-state index in [1.807, 2.05) is 24.3 Å². The molecule has 0 spiro atoms. The molecule has 1 saturated carbocycles. The highest BCUT2D eigenvalue weighted by atomic mass is 16.6. The molecule has 2 aromatic carbocycles. The first kappa shape index (κ1) is 31.9. The molecule has 2 fully saturated rings. The molecule has 1 unspecified atom stereocenters. The van der Waals surface area contributed by atoms with Crippen molar-refractivity contribution in [1.29, 1.82) is 5.41 Å². The van der Waals surface area contributed by atoms with E-state index in [1.54, 1.807) is 32.9 Å². The Kier molecular flexibility index (Phi) is 9.74. The molecule has 0 aromatic heterocycles. The van der Waals surface area contributed by atoms with Crippen LogP contribution in [0.25, 0.3) is 10.8 Å². The number of ether oxygens (including phenoxy) is 1. The number of likely N-dealkylation sites (tertiary alicyclic amines) is 1. The molecule has 2 atom stereocenters. The second-order valence-electron chi connectivity index (χ2n) is 12.5. The van der Waals surface area contributed by atoms with E-state index in [0.717, 1.165) is 43.1 Å². The molecule has 3 amide bonds. The fourth-order valence-corrected chi connectivity index (χ4v) is 6.89. The number of fused-ring (bicyclic) bond motifs is 1. The van der Waals surface area contributed by atoms with Crippen LogP contribution in [0.3, 0.4) is 0 Å². The summed E-state index contributed by atoms with van der Waals surface area (Å²) in [6, 6.07) is 10.8. The number of carboxylic acid groups (broad SMARTS) is 1. The first-order chi connectivity index (χ1) is 20.4. The molecule has 6 N–H and O–H groups in total. The average Bonchev–Trinajstić information content (AvgIpc) is 3.33. The van der Waals surface area contributed by atoms with Crippen LogP contribution in [-0.4, -0.2) is 63.9 Å². The Bertz CT molecular complexity index is 1400. The summed E-state index contributed by atoms with van der Waals surface area (Å²) in [6.07, 6.45) is 4.29. The van der Waals surface area contributed by atoms with Gasteiger partial charge in [-0.05, 0) is 55.4 Å². The predicted octanol–water partition coefficient (Wildman–Crippen LogP) is 3.91. The molecular formula is C32H43N5O6. The van der Waals surface area contributed by atoms with Crippen LogP contribution in [0.1, 0.15) is 76.8 Å². The average molecular weight is 594 g/mol. The van der Waals surface area contributed by atoms with Gasteiger partial charge in [-0.3, -0.25) is 25.1 Å². The van der Waals surface area contributed by atoms with Gasteiger partial charge in [0.2, 0.25) is 11.8 Å². The quantitative estimate of drug-likeness (QED) is 0.228. The van der Waals surface area contributed by atoms with Crippen molar-refractivity contribution in [2.24, 2.45) is 17.6 Å². The van der Waals surface area contributed by atoms with Gasteiger partial charge in [0.25, 0.3) is 0 Å². The van der Waals surface area contributed by atoms with Gasteiger partial charge in [-0.1, -0.05) is 68.5 Å². The fraction of sp³-hybridized carbons (Fsp3) is 0.531. The number of nitrogens with one attached hydrogen (secondary N) is 3. The summed E-state index contributed by atoms with van der Waals surface area (Å²) >= 11 is 0. The van der Waals surface area contributed by atoms with E-state index in [1.165, 1.54) is 4.90 Å². The monoisotopic (exact) mass is 593 g/mol. The fourth-order valence-electron chi connectivity index (χ4n) is 6.89. The number of nitrogens with zero attached hydrogens (tertiary/aromatic N) is 1. The van der Waals surface area contributed by atoms with Gasteiger partial charge in [-0.25, -0.2) is 4.79 Å². The van der Waals surface area contributed by atoms with Gasteiger partial charge < -0.3 is 25.8 Å². The van der Waals surface area contributed by atoms with E-state index in [2.05, 4.69) is 10.6 Å². The molecule has 1 aliphatic heterocycles. The maximum Gasteiger partial charge on any atom is 0.413 e. The number of hydrogen-bond donors (Lipinski definition) is 5. The molecule has 1 saturated heterocycles. The van der Waals surface area contributed by atoms with Crippen molar-refractivity contribution in [3.05, 3.63) is 47.5 Å². The smallest absolute Gasteiger partial charge is 0.413 e. The number of alkyl carbamates (subject to hydrolysis) is 1. The van der Waals surface area contributed by atoms with Crippen molar-refractivity contribution < 1.29 is 29.0 Å². The third-order valence-electron chi connectivity index (χ3n) is 8.62. The summed E-state index contributed by atoms with van der Waals surface area (Å²) in [5.41, 5.74) is 4.71. The summed E-state index contributed by atoms with van der Waals surface area (Å²) in [5, 5.41) is 25.4. The summed E-state index contributed by atoms with van der Waals surface area (Å²) < 4.78 is 5.29. The Morgan fingerprint density at radius 2 is 1.72 bits per heavy atom. The lowest BCUT2D eigenvalue weighted by atomic mass is 9.68. The summed E-state index contributed by atoms with van der Waals surface area (Å²) in [4.78, 5) is 53.2. The number of carbonyl (C=O) groups is 4. The second-order valence-corrected chi connectivity index (χ2v) is 12.5. The minimum atomic E-state index is -1.53. The SMILES string of the molecule is CC(C)(C)OC(=O)NC(=N)c1ccc(CNC(=O)[C@]2(CC(=O)O)C(C3CCCCC3)CCN2C(=O)CN)c2ccccc12. The Morgan fingerprint density at radius 1 is 1.05 bits per heavy atom. The van der Waals surface area contributed by atoms with Crippen LogP contribution in [-0.2, 0) is 25.7 Å². The number of carbonyl (C=O) groups excluding carboxylic acids is 3. The van der Waals surface area contributed by atoms with Gasteiger partial charge in [0.15, 0.2) is 0 Å². The molecule has 232 valence electrons. The van der Waals surface area contributed by atoms with E-state index < -0.39 is 41.4 Å². The molecule has 2 aliphatic rings. The highest BCUT2D eigenvalue weighted by Crippen LogP contribution is 2.47. The number of benzene rings is 2. The molecule has 4 rings (SSSR count). The van der Waals surface area contributed by atoms with Gasteiger partial charge in [0.05, 0.1) is 13.0 Å². The zero-order valence-corrected chi connectivity index (χ0v) is 25.2. The molecule has 11 nitrogen and oxygen atoms in total. The lowest BCUT2D eigenvalue weighted by Crippen LogP contribution is -2.63. The standard InChI is InChI=1S/C32H43N5O6/c1-31(2,3)43-30(42)36-28(34)24-14-13-21(22-11-7-8-12-23(22)24)19-35-29(41)32(17-27(39)40)25(20-9-5-4-6-10-20)15-16-37(32)26(38)18-33/h7-8,11-14,20,25H,4-6,9-10,15-19,33H2,1-3H3,(H,35,41)(H,39,40)(H2,34,36,42)/t25?,32-/m0/s1. The highest BCUT2D eigenvalue weighted by Gasteiger charge is 2.58. The molecule has 0 radical (unpaired) electrons. The van der Waals surface area contributed by atoms with Crippen molar-refractivity contribution in [1.82, 2.24) is 15.5 Å². The molecule has 1 heterocycles. The van der Waals surface area contributed by atoms with Crippen molar-refractivity contribution in [2.45, 2.75) is 83.4 Å². The molecule has 1 aliphatic carbocycles. The Balaban J connectivity index is 1.63. The predicted molar refractivity (Wildman–Crippen MR) is 162 cm³/mol. The second kappa shape index (κ2) is 13.1.